The van der Waals surface area contributed by atoms with Crippen molar-refractivity contribution < 1.29 is 0 Å². The number of hydrogen-bond donors (Lipinski definition) is 1. The zero-order valence-electron chi connectivity index (χ0n) is 4.93. The second kappa shape index (κ2) is 2.23. The fourth-order valence-electron chi connectivity index (χ4n) is 0.439. The second-order valence-electron chi connectivity index (χ2n) is 1.67. The third-order valence-corrected chi connectivity index (χ3v) is 1.27. The SMILES string of the molecule is Bc1ncc(N)nc1Cl. The molecule has 9 heavy (non-hydrogen) atoms. The first-order valence-electron chi connectivity index (χ1n) is 2.45. The van der Waals surface area contributed by atoms with E-state index in [-0.39, 0.29) is 0 Å². The van der Waals surface area contributed by atoms with Gasteiger partial charge in [-0.2, -0.15) is 0 Å². The van der Waals surface area contributed by atoms with Crippen LogP contribution >= 0.6 is 11.6 Å². The molecule has 0 spiro atoms. The van der Waals surface area contributed by atoms with Crippen molar-refractivity contribution in [3.05, 3.63) is 11.3 Å². The number of anilines is 1. The van der Waals surface area contributed by atoms with Crippen molar-refractivity contribution in [1.82, 2.24) is 9.97 Å². The molecule has 1 aromatic rings. The Morgan fingerprint density at radius 3 is 2.78 bits per heavy atom. The third kappa shape index (κ3) is 1.32. The topological polar surface area (TPSA) is 51.8 Å². The summed E-state index contributed by atoms with van der Waals surface area (Å²) in [5, 5.41) is 0.370. The van der Waals surface area contributed by atoms with Crippen LogP contribution in [0.4, 0.5) is 5.82 Å². The van der Waals surface area contributed by atoms with Gasteiger partial charge in [-0.1, -0.05) is 11.6 Å². The first-order chi connectivity index (χ1) is 4.20. The van der Waals surface area contributed by atoms with Crippen LogP contribution < -0.4 is 11.3 Å². The predicted octanol–water partition coefficient (Wildman–Crippen LogP) is -1.03. The highest BCUT2D eigenvalue weighted by molar-refractivity contribution is 6.43. The molecule has 2 N–H and O–H groups in total. The standard InChI is InChI=1S/C4H5BClN3/c5-3-4(6)9-2(7)1-8-3/h1H,5H2,(H2,7,9). The first-order valence-corrected chi connectivity index (χ1v) is 2.82. The molecule has 0 saturated carbocycles. The van der Waals surface area contributed by atoms with Gasteiger partial charge < -0.3 is 5.73 Å². The van der Waals surface area contributed by atoms with Gasteiger partial charge in [-0.3, -0.25) is 4.98 Å². The van der Waals surface area contributed by atoms with Gasteiger partial charge in [0.1, 0.15) is 11.0 Å². The van der Waals surface area contributed by atoms with Crippen LogP contribution in [0, 0.1) is 0 Å². The van der Waals surface area contributed by atoms with E-state index < -0.39 is 0 Å². The average molecular weight is 141 g/mol. The minimum Gasteiger partial charge on any atom is -0.382 e. The van der Waals surface area contributed by atoms with E-state index in [2.05, 4.69) is 9.97 Å². The van der Waals surface area contributed by atoms with Gasteiger partial charge in [-0.15, -0.1) is 0 Å². The Labute approximate surface area is 58.7 Å². The number of nitrogens with two attached hydrogens (primary N) is 1. The lowest BCUT2D eigenvalue weighted by Gasteiger charge is -1.94. The van der Waals surface area contributed by atoms with Gasteiger partial charge in [-0.05, 0) is 0 Å². The van der Waals surface area contributed by atoms with E-state index in [0.29, 0.717) is 16.6 Å². The van der Waals surface area contributed by atoms with E-state index in [9.17, 15) is 0 Å². The molecule has 1 heterocycles. The summed E-state index contributed by atoms with van der Waals surface area (Å²) in [6, 6.07) is 0. The van der Waals surface area contributed by atoms with Gasteiger partial charge in [0.2, 0.25) is 0 Å². The minimum absolute atomic E-state index is 0.352. The lowest BCUT2D eigenvalue weighted by atomic mass is 10.1. The fraction of sp³-hybridized carbons (Fsp3) is 0. The van der Waals surface area contributed by atoms with Crippen LogP contribution in [-0.2, 0) is 0 Å². The van der Waals surface area contributed by atoms with E-state index in [1.807, 2.05) is 0 Å². The molecule has 0 aromatic carbocycles. The molecule has 0 amide bonds. The maximum Gasteiger partial charge on any atom is 0.168 e. The summed E-state index contributed by atoms with van der Waals surface area (Å²) >= 11 is 5.56. The summed E-state index contributed by atoms with van der Waals surface area (Å²) in [4.78, 5) is 7.61. The van der Waals surface area contributed by atoms with E-state index in [1.54, 1.807) is 7.85 Å². The van der Waals surface area contributed by atoms with Gasteiger partial charge in [0.25, 0.3) is 0 Å². The summed E-state index contributed by atoms with van der Waals surface area (Å²) in [6.07, 6.45) is 1.47. The molecule has 0 aliphatic heterocycles. The lowest BCUT2D eigenvalue weighted by Crippen LogP contribution is -2.11. The van der Waals surface area contributed by atoms with Crippen molar-refractivity contribution in [2.45, 2.75) is 0 Å². The first kappa shape index (κ1) is 6.36. The molecule has 3 nitrogen and oxygen atoms in total. The van der Waals surface area contributed by atoms with Gasteiger partial charge in [0.05, 0.1) is 6.20 Å². The molecule has 5 heteroatoms. The second-order valence-corrected chi connectivity index (χ2v) is 2.03. The van der Waals surface area contributed by atoms with Crippen molar-refractivity contribution in [2.24, 2.45) is 0 Å². The quantitative estimate of drug-likeness (QED) is 0.470. The highest BCUT2D eigenvalue weighted by atomic mass is 35.5. The normalized spacial score (nSPS) is 9.44. The molecule has 0 saturated heterocycles. The summed E-state index contributed by atoms with van der Waals surface area (Å²) < 4.78 is 0. The van der Waals surface area contributed by atoms with E-state index in [0.717, 1.165) is 0 Å². The van der Waals surface area contributed by atoms with Crippen molar-refractivity contribution in [3.8, 4) is 0 Å². The van der Waals surface area contributed by atoms with Gasteiger partial charge in [-0.25, -0.2) is 4.98 Å². The molecule has 1 aromatic heterocycles. The zero-order chi connectivity index (χ0) is 6.85. The van der Waals surface area contributed by atoms with Crippen LogP contribution in [0.5, 0.6) is 0 Å². The van der Waals surface area contributed by atoms with Gasteiger partial charge in [0.15, 0.2) is 7.85 Å². The van der Waals surface area contributed by atoms with Crippen molar-refractivity contribution >= 4 is 30.9 Å². The largest absolute Gasteiger partial charge is 0.382 e. The molecule has 1 rings (SSSR count). The number of halogens is 1. The predicted molar refractivity (Wildman–Crippen MR) is 39.6 cm³/mol. The summed E-state index contributed by atoms with van der Waals surface area (Å²) in [5.74, 6) is 0.352. The summed E-state index contributed by atoms with van der Waals surface area (Å²) in [6.45, 7) is 0. The monoisotopic (exact) mass is 141 g/mol. The molecule has 0 bridgehead atoms. The van der Waals surface area contributed by atoms with Crippen LogP contribution in [-0.4, -0.2) is 17.8 Å². The Kier molecular flexibility index (Phi) is 1.57. The zero-order valence-corrected chi connectivity index (χ0v) is 5.68. The van der Waals surface area contributed by atoms with E-state index in [1.165, 1.54) is 6.20 Å². The maximum absolute atomic E-state index is 5.56. The molecule has 0 fully saturated rings. The fourth-order valence-corrected chi connectivity index (χ4v) is 0.586. The minimum atomic E-state index is 0.352. The number of nitrogen functional groups attached to an aromatic ring is 1. The molecular formula is C4H5BClN3. The number of hydrogen-bond acceptors (Lipinski definition) is 3. The number of aromatic nitrogens is 2. The molecule has 0 unspecified atom stereocenters. The highest BCUT2D eigenvalue weighted by Crippen LogP contribution is 1.98. The van der Waals surface area contributed by atoms with E-state index >= 15 is 0 Å². The molecule has 0 aliphatic carbocycles. The molecule has 0 atom stereocenters. The Morgan fingerprint density at radius 1 is 1.67 bits per heavy atom. The Hall–Kier alpha value is -0.765. The van der Waals surface area contributed by atoms with Crippen molar-refractivity contribution in [1.29, 1.82) is 0 Å². The summed E-state index contributed by atoms with van der Waals surface area (Å²) in [7, 11) is 1.77. The molecule has 0 aliphatic rings. The number of nitrogens with zero attached hydrogens (tertiary/aromatic N) is 2. The highest BCUT2D eigenvalue weighted by Gasteiger charge is 1.95. The molecule has 0 radical (unpaired) electrons. The van der Waals surface area contributed by atoms with Crippen molar-refractivity contribution in [3.63, 3.8) is 0 Å². The lowest BCUT2D eigenvalue weighted by molar-refractivity contribution is 1.25. The molecular weight excluding hydrogens is 136 g/mol. The Bertz CT molecular complexity index is 227. The van der Waals surface area contributed by atoms with Crippen molar-refractivity contribution in [2.75, 3.05) is 5.73 Å². The van der Waals surface area contributed by atoms with Crippen LogP contribution in [0.3, 0.4) is 0 Å². The Balaban J connectivity index is 3.17. The van der Waals surface area contributed by atoms with Crippen LogP contribution in [0.2, 0.25) is 5.15 Å². The van der Waals surface area contributed by atoms with Crippen LogP contribution in [0.25, 0.3) is 0 Å². The number of rotatable bonds is 0. The van der Waals surface area contributed by atoms with Crippen LogP contribution in [0.15, 0.2) is 6.20 Å². The average Bonchev–Trinajstić information content (AvgIpc) is 1.80. The van der Waals surface area contributed by atoms with E-state index in [4.69, 9.17) is 17.3 Å². The smallest absolute Gasteiger partial charge is 0.168 e. The Morgan fingerprint density at radius 2 is 2.33 bits per heavy atom. The molecule has 46 valence electrons. The summed E-state index contributed by atoms with van der Waals surface area (Å²) in [5.41, 5.74) is 5.97. The van der Waals surface area contributed by atoms with Gasteiger partial charge in [0, 0.05) is 5.59 Å². The third-order valence-electron chi connectivity index (χ3n) is 0.916. The maximum atomic E-state index is 5.56. The van der Waals surface area contributed by atoms with Crippen LogP contribution in [0.1, 0.15) is 0 Å². The van der Waals surface area contributed by atoms with Gasteiger partial charge >= 0.3 is 0 Å².